The number of ether oxygens (including phenoxy) is 1. The molecule has 0 aliphatic carbocycles. The third kappa shape index (κ3) is 4.20. The van der Waals surface area contributed by atoms with Gasteiger partial charge in [0, 0.05) is 0 Å². The predicted octanol–water partition coefficient (Wildman–Crippen LogP) is 2.38. The number of carbonyl (C=O) groups is 1. The molecule has 3 rings (SSSR count). The molecule has 0 unspecified atom stereocenters. The Balaban J connectivity index is 1.44. The second kappa shape index (κ2) is 7.01. The number of benzene rings is 1. The van der Waals surface area contributed by atoms with Gasteiger partial charge in [0.1, 0.15) is 12.4 Å². The van der Waals surface area contributed by atoms with Crippen molar-refractivity contribution in [1.82, 2.24) is 10.2 Å². The third-order valence-electron chi connectivity index (χ3n) is 4.66. The quantitative estimate of drug-likeness (QED) is 0.917. The van der Waals surface area contributed by atoms with Crippen LogP contribution < -0.4 is 10.1 Å². The fourth-order valence-electron chi connectivity index (χ4n) is 3.32. The van der Waals surface area contributed by atoms with Crippen LogP contribution in [0.4, 0.5) is 13.2 Å². The van der Waals surface area contributed by atoms with Gasteiger partial charge in [-0.25, -0.2) is 0 Å². The normalized spacial score (nSPS) is 22.5. The van der Waals surface area contributed by atoms with Crippen LogP contribution in [-0.4, -0.2) is 49.3 Å². The van der Waals surface area contributed by atoms with Gasteiger partial charge in [-0.15, -0.1) is 0 Å². The Morgan fingerprint density at radius 2 is 1.96 bits per heavy atom. The summed E-state index contributed by atoms with van der Waals surface area (Å²) >= 11 is 0. The van der Waals surface area contributed by atoms with Crippen molar-refractivity contribution in [2.45, 2.75) is 31.5 Å². The van der Waals surface area contributed by atoms with Gasteiger partial charge in [-0.2, -0.15) is 13.2 Å². The van der Waals surface area contributed by atoms with Crippen molar-refractivity contribution in [3.8, 4) is 5.75 Å². The molecular weight excluding hydrogens is 321 g/mol. The number of carbonyl (C=O) groups excluding carboxylic acids is 1. The molecule has 0 bridgehead atoms. The number of rotatable bonds is 3. The lowest BCUT2D eigenvalue weighted by Crippen LogP contribution is -2.48. The average molecular weight is 342 g/mol. The molecule has 2 aliphatic rings. The Hall–Kier alpha value is -1.76. The summed E-state index contributed by atoms with van der Waals surface area (Å²) in [4.78, 5) is 13.9. The zero-order valence-electron chi connectivity index (χ0n) is 13.3. The van der Waals surface area contributed by atoms with E-state index in [9.17, 15) is 18.0 Å². The van der Waals surface area contributed by atoms with E-state index in [1.54, 1.807) is 4.90 Å². The Labute approximate surface area is 139 Å². The first-order valence-electron chi connectivity index (χ1n) is 8.21. The molecule has 2 aliphatic heterocycles. The Bertz CT molecular complexity index is 583. The summed E-state index contributed by atoms with van der Waals surface area (Å²) in [5.41, 5.74) is 1.06. The van der Waals surface area contributed by atoms with Crippen LogP contribution in [-0.2, 0) is 11.2 Å². The molecule has 132 valence electrons. The monoisotopic (exact) mass is 342 g/mol. The number of hydrogen-bond donors (Lipinski definition) is 1. The summed E-state index contributed by atoms with van der Waals surface area (Å²) in [6, 6.07) is 7.60. The van der Waals surface area contributed by atoms with Gasteiger partial charge < -0.3 is 10.1 Å². The maximum Gasteiger partial charge on any atom is 0.391 e. The largest absolute Gasteiger partial charge is 0.491 e. The van der Waals surface area contributed by atoms with Gasteiger partial charge in [0.05, 0.1) is 18.5 Å². The van der Waals surface area contributed by atoms with E-state index >= 15 is 0 Å². The molecule has 1 amide bonds. The number of piperidine rings is 1. The number of fused-ring (bicyclic) bond motifs is 1. The van der Waals surface area contributed by atoms with E-state index < -0.39 is 12.1 Å². The highest BCUT2D eigenvalue weighted by Crippen LogP contribution is 2.34. The van der Waals surface area contributed by atoms with Gasteiger partial charge in [-0.05, 0) is 44.0 Å². The van der Waals surface area contributed by atoms with Crippen LogP contribution in [0.15, 0.2) is 24.3 Å². The molecule has 1 fully saturated rings. The maximum absolute atomic E-state index is 12.6. The number of para-hydroxylation sites is 1. The smallest absolute Gasteiger partial charge is 0.391 e. The van der Waals surface area contributed by atoms with Gasteiger partial charge in [0.2, 0.25) is 5.91 Å². The zero-order chi connectivity index (χ0) is 17.2. The lowest BCUT2D eigenvalue weighted by molar-refractivity contribution is -0.185. The molecular formula is C17H21F3N2O2. The van der Waals surface area contributed by atoms with E-state index in [1.807, 2.05) is 24.3 Å². The summed E-state index contributed by atoms with van der Waals surface area (Å²) in [5.74, 6) is -0.550. The summed E-state index contributed by atoms with van der Waals surface area (Å²) < 4.78 is 43.6. The average Bonchev–Trinajstić information content (AvgIpc) is 2.54. The van der Waals surface area contributed by atoms with E-state index in [0.29, 0.717) is 26.1 Å². The first-order chi connectivity index (χ1) is 11.4. The first kappa shape index (κ1) is 17.1. The van der Waals surface area contributed by atoms with Gasteiger partial charge in [0.15, 0.2) is 0 Å². The summed E-state index contributed by atoms with van der Waals surface area (Å²) in [5, 5.41) is 2.92. The van der Waals surface area contributed by atoms with Crippen molar-refractivity contribution in [1.29, 1.82) is 0 Å². The zero-order valence-corrected chi connectivity index (χ0v) is 13.3. The minimum absolute atomic E-state index is 0.0662. The number of nitrogens with one attached hydrogen (secondary N) is 1. The number of amides is 1. The van der Waals surface area contributed by atoms with Crippen LogP contribution in [0.2, 0.25) is 0 Å². The number of likely N-dealkylation sites (tertiary alicyclic amines) is 1. The molecule has 0 spiro atoms. The highest BCUT2D eigenvalue weighted by molar-refractivity contribution is 5.78. The van der Waals surface area contributed by atoms with Gasteiger partial charge in [-0.1, -0.05) is 18.2 Å². The summed E-state index contributed by atoms with van der Waals surface area (Å²) in [6.45, 7) is 1.17. The third-order valence-corrected chi connectivity index (χ3v) is 4.66. The topological polar surface area (TPSA) is 41.6 Å². The summed E-state index contributed by atoms with van der Waals surface area (Å²) in [7, 11) is 0. The molecule has 1 atom stereocenters. The molecule has 2 heterocycles. The van der Waals surface area contributed by atoms with Gasteiger partial charge in [-0.3, -0.25) is 9.69 Å². The number of hydrogen-bond acceptors (Lipinski definition) is 3. The Kier molecular flexibility index (Phi) is 4.99. The predicted molar refractivity (Wildman–Crippen MR) is 82.8 cm³/mol. The highest BCUT2D eigenvalue weighted by Gasteiger charge is 2.41. The van der Waals surface area contributed by atoms with Crippen LogP contribution >= 0.6 is 0 Å². The van der Waals surface area contributed by atoms with E-state index in [1.165, 1.54) is 0 Å². The van der Waals surface area contributed by atoms with Crippen molar-refractivity contribution in [2.75, 3.05) is 26.2 Å². The molecule has 1 N–H and O–H groups in total. The van der Waals surface area contributed by atoms with Crippen molar-refractivity contribution in [3.05, 3.63) is 29.8 Å². The standard InChI is InChI=1S/C17H21F3N2O2/c18-17(19,20)13-5-7-22(8-6-13)10-16(23)21-14-9-12-3-1-2-4-15(12)24-11-14/h1-4,13-14H,5-11H2,(H,21,23)/t14-/m0/s1. The van der Waals surface area contributed by atoms with Crippen molar-refractivity contribution >= 4 is 5.91 Å². The second-order valence-corrected chi connectivity index (χ2v) is 6.48. The molecule has 1 aromatic carbocycles. The van der Waals surface area contributed by atoms with E-state index in [0.717, 1.165) is 11.3 Å². The Morgan fingerprint density at radius 3 is 2.67 bits per heavy atom. The van der Waals surface area contributed by atoms with Crippen LogP contribution in [0, 0.1) is 5.92 Å². The number of alkyl halides is 3. The van der Waals surface area contributed by atoms with Crippen molar-refractivity contribution < 1.29 is 22.7 Å². The number of halogens is 3. The lowest BCUT2D eigenvalue weighted by Gasteiger charge is -2.33. The molecule has 0 aromatic heterocycles. The van der Waals surface area contributed by atoms with E-state index in [2.05, 4.69) is 5.32 Å². The molecule has 0 radical (unpaired) electrons. The molecule has 0 saturated carbocycles. The molecule has 24 heavy (non-hydrogen) atoms. The fourth-order valence-corrected chi connectivity index (χ4v) is 3.32. The van der Waals surface area contributed by atoms with Gasteiger partial charge in [0.25, 0.3) is 0 Å². The molecule has 7 heteroatoms. The minimum atomic E-state index is -4.12. The molecule has 1 saturated heterocycles. The highest BCUT2D eigenvalue weighted by atomic mass is 19.4. The van der Waals surface area contributed by atoms with Gasteiger partial charge >= 0.3 is 6.18 Å². The van der Waals surface area contributed by atoms with Crippen LogP contribution in [0.5, 0.6) is 5.75 Å². The van der Waals surface area contributed by atoms with E-state index in [-0.39, 0.29) is 31.3 Å². The number of nitrogens with zero attached hydrogens (tertiary/aromatic N) is 1. The SMILES string of the molecule is O=C(CN1CCC(C(F)(F)F)CC1)N[C@@H]1COc2ccccc2C1. The summed E-state index contributed by atoms with van der Waals surface area (Å²) in [6.07, 6.45) is -3.29. The van der Waals surface area contributed by atoms with Crippen molar-refractivity contribution in [2.24, 2.45) is 5.92 Å². The van der Waals surface area contributed by atoms with E-state index in [4.69, 9.17) is 4.74 Å². The maximum atomic E-state index is 12.6. The van der Waals surface area contributed by atoms with Crippen LogP contribution in [0.1, 0.15) is 18.4 Å². The fraction of sp³-hybridized carbons (Fsp3) is 0.588. The van der Waals surface area contributed by atoms with Crippen LogP contribution in [0.25, 0.3) is 0 Å². The minimum Gasteiger partial charge on any atom is -0.491 e. The van der Waals surface area contributed by atoms with Crippen LogP contribution in [0.3, 0.4) is 0 Å². The van der Waals surface area contributed by atoms with Crippen molar-refractivity contribution in [3.63, 3.8) is 0 Å². The molecule has 4 nitrogen and oxygen atoms in total. The first-order valence-corrected chi connectivity index (χ1v) is 8.21. The second-order valence-electron chi connectivity index (χ2n) is 6.48. The lowest BCUT2D eigenvalue weighted by atomic mass is 9.96. The molecule has 1 aromatic rings. The Morgan fingerprint density at radius 1 is 1.25 bits per heavy atom.